The SMILES string of the molecule is C=C1C(=O)O[C@@H]2/C=C(\C)CC/C=C(\C(=O)O)C[C@H](OC(=O)CC(C)C)[C@@H]12. The molecule has 2 aliphatic rings. The summed E-state index contributed by atoms with van der Waals surface area (Å²) in [5.74, 6) is -2.48. The second-order valence-corrected chi connectivity index (χ2v) is 7.34. The first-order chi connectivity index (χ1) is 12.2. The molecule has 2 rings (SSSR count). The number of hydrogen-bond donors (Lipinski definition) is 1. The predicted octanol–water partition coefficient (Wildman–Crippen LogP) is 3.18. The van der Waals surface area contributed by atoms with E-state index in [-0.39, 0.29) is 29.9 Å². The maximum absolute atomic E-state index is 12.2. The smallest absolute Gasteiger partial charge is 0.334 e. The van der Waals surface area contributed by atoms with E-state index >= 15 is 0 Å². The van der Waals surface area contributed by atoms with Crippen LogP contribution in [-0.4, -0.2) is 35.2 Å². The van der Waals surface area contributed by atoms with Crippen LogP contribution in [0.4, 0.5) is 0 Å². The van der Waals surface area contributed by atoms with Crippen LogP contribution in [0, 0.1) is 11.8 Å². The lowest BCUT2D eigenvalue weighted by molar-refractivity contribution is -0.153. The number of rotatable bonds is 4. The molecule has 0 unspecified atom stereocenters. The molecule has 0 aromatic carbocycles. The Hall–Kier alpha value is -2.37. The van der Waals surface area contributed by atoms with Gasteiger partial charge in [0.2, 0.25) is 0 Å². The first-order valence-electron chi connectivity index (χ1n) is 8.88. The van der Waals surface area contributed by atoms with Gasteiger partial charge in [-0.2, -0.15) is 0 Å². The molecule has 6 heteroatoms. The summed E-state index contributed by atoms with van der Waals surface area (Å²) in [5, 5.41) is 9.49. The molecule has 6 nitrogen and oxygen atoms in total. The van der Waals surface area contributed by atoms with Gasteiger partial charge in [-0.15, -0.1) is 0 Å². The Morgan fingerprint density at radius 3 is 2.73 bits per heavy atom. The molecule has 26 heavy (non-hydrogen) atoms. The Morgan fingerprint density at radius 1 is 1.42 bits per heavy atom. The van der Waals surface area contributed by atoms with Gasteiger partial charge >= 0.3 is 17.9 Å². The van der Waals surface area contributed by atoms with Crippen LogP contribution in [0.3, 0.4) is 0 Å². The summed E-state index contributed by atoms with van der Waals surface area (Å²) in [5.41, 5.74) is 1.37. The largest absolute Gasteiger partial charge is 0.478 e. The first kappa shape index (κ1) is 19.9. The third kappa shape index (κ3) is 4.84. The molecule has 1 aliphatic heterocycles. The summed E-state index contributed by atoms with van der Waals surface area (Å²) in [6, 6.07) is 0. The van der Waals surface area contributed by atoms with Crippen molar-refractivity contribution in [2.75, 3.05) is 0 Å². The van der Waals surface area contributed by atoms with Crippen molar-refractivity contribution in [3.8, 4) is 0 Å². The number of ether oxygens (including phenoxy) is 2. The molecule has 1 aliphatic carbocycles. The van der Waals surface area contributed by atoms with Crippen LogP contribution in [0.2, 0.25) is 0 Å². The van der Waals surface area contributed by atoms with Crippen molar-refractivity contribution in [3.63, 3.8) is 0 Å². The standard InChI is InChI=1S/C20H26O6/c1-11(2)8-17(21)25-16-10-14(19(22)23)7-5-6-12(3)9-15-18(16)13(4)20(24)26-15/h7,9,11,15-16,18H,4-6,8,10H2,1-3H3,(H,22,23)/b12-9+,14-7-/t15-,16+,18+/m1/s1. The van der Waals surface area contributed by atoms with Crippen LogP contribution in [0.1, 0.15) is 46.5 Å². The van der Waals surface area contributed by atoms with Crippen molar-refractivity contribution in [3.05, 3.63) is 35.5 Å². The maximum atomic E-state index is 12.2. The Kier molecular flexibility index (Phi) is 6.40. The van der Waals surface area contributed by atoms with Crippen LogP contribution in [0.15, 0.2) is 35.5 Å². The summed E-state index contributed by atoms with van der Waals surface area (Å²) >= 11 is 0. The fourth-order valence-electron chi connectivity index (χ4n) is 3.29. The first-order valence-corrected chi connectivity index (χ1v) is 8.88. The fourth-order valence-corrected chi connectivity index (χ4v) is 3.29. The summed E-state index contributed by atoms with van der Waals surface area (Å²) < 4.78 is 11.0. The van der Waals surface area contributed by atoms with E-state index in [1.807, 2.05) is 26.8 Å². The number of carboxylic acids is 1. The molecule has 0 amide bonds. The zero-order valence-corrected chi connectivity index (χ0v) is 15.5. The van der Waals surface area contributed by atoms with Crippen molar-refractivity contribution < 1.29 is 29.0 Å². The zero-order chi connectivity index (χ0) is 19.4. The molecule has 1 heterocycles. The van der Waals surface area contributed by atoms with Gasteiger partial charge in [0.1, 0.15) is 12.2 Å². The van der Waals surface area contributed by atoms with Crippen LogP contribution in [-0.2, 0) is 23.9 Å². The quantitative estimate of drug-likeness (QED) is 0.469. The highest BCUT2D eigenvalue weighted by Crippen LogP contribution is 2.36. The molecule has 1 fully saturated rings. The van der Waals surface area contributed by atoms with Crippen LogP contribution < -0.4 is 0 Å². The monoisotopic (exact) mass is 362 g/mol. The number of aliphatic carboxylic acids is 1. The van der Waals surface area contributed by atoms with E-state index < -0.39 is 36.0 Å². The average Bonchev–Trinajstić information content (AvgIpc) is 2.78. The molecular formula is C20H26O6. The minimum Gasteiger partial charge on any atom is -0.478 e. The van der Waals surface area contributed by atoms with E-state index in [1.54, 1.807) is 6.08 Å². The molecule has 0 bridgehead atoms. The maximum Gasteiger partial charge on any atom is 0.334 e. The van der Waals surface area contributed by atoms with Crippen LogP contribution in [0.5, 0.6) is 0 Å². The van der Waals surface area contributed by atoms with Gasteiger partial charge in [-0.1, -0.05) is 32.1 Å². The Morgan fingerprint density at radius 2 is 2.12 bits per heavy atom. The number of esters is 2. The average molecular weight is 362 g/mol. The second kappa shape index (κ2) is 8.34. The second-order valence-electron chi connectivity index (χ2n) is 7.34. The highest BCUT2D eigenvalue weighted by molar-refractivity contribution is 5.91. The van der Waals surface area contributed by atoms with E-state index in [9.17, 15) is 19.5 Å². The third-order valence-corrected chi connectivity index (χ3v) is 4.59. The van der Waals surface area contributed by atoms with Crippen molar-refractivity contribution >= 4 is 17.9 Å². The van der Waals surface area contributed by atoms with Crippen molar-refractivity contribution in [2.24, 2.45) is 11.8 Å². The van der Waals surface area contributed by atoms with Crippen molar-refractivity contribution in [1.82, 2.24) is 0 Å². The van der Waals surface area contributed by atoms with Gasteiger partial charge in [0.15, 0.2) is 0 Å². The van der Waals surface area contributed by atoms with Gasteiger partial charge in [0, 0.05) is 24.0 Å². The van der Waals surface area contributed by atoms with Gasteiger partial charge in [-0.3, -0.25) is 4.79 Å². The van der Waals surface area contributed by atoms with E-state index in [2.05, 4.69) is 6.58 Å². The van der Waals surface area contributed by atoms with E-state index in [0.29, 0.717) is 12.8 Å². The van der Waals surface area contributed by atoms with E-state index in [4.69, 9.17) is 9.47 Å². The van der Waals surface area contributed by atoms with Gasteiger partial charge in [-0.05, 0) is 31.8 Å². The minimum atomic E-state index is -1.05. The molecule has 142 valence electrons. The number of hydrogen-bond acceptors (Lipinski definition) is 5. The highest BCUT2D eigenvalue weighted by atomic mass is 16.6. The summed E-state index contributed by atoms with van der Waals surface area (Å²) in [6.45, 7) is 9.49. The van der Waals surface area contributed by atoms with Crippen LogP contribution in [0.25, 0.3) is 0 Å². The molecule has 1 saturated heterocycles. The van der Waals surface area contributed by atoms with E-state index in [1.165, 1.54) is 0 Å². The molecule has 3 atom stereocenters. The lowest BCUT2D eigenvalue weighted by atomic mass is 9.85. The molecule has 0 saturated carbocycles. The number of fused-ring (bicyclic) bond motifs is 1. The van der Waals surface area contributed by atoms with Crippen molar-refractivity contribution in [1.29, 1.82) is 0 Å². The number of carboxylic acid groups (broad SMARTS) is 1. The van der Waals surface area contributed by atoms with Gasteiger partial charge < -0.3 is 14.6 Å². The predicted molar refractivity (Wildman–Crippen MR) is 95.2 cm³/mol. The summed E-state index contributed by atoms with van der Waals surface area (Å²) in [4.78, 5) is 35.9. The number of carbonyl (C=O) groups is 3. The van der Waals surface area contributed by atoms with Crippen LogP contribution >= 0.6 is 0 Å². The summed E-state index contributed by atoms with van der Waals surface area (Å²) in [6.07, 6.45) is 3.56. The van der Waals surface area contributed by atoms with Crippen molar-refractivity contribution in [2.45, 2.75) is 58.7 Å². The molecule has 1 N–H and O–H groups in total. The normalized spacial score (nSPS) is 30.5. The molecular weight excluding hydrogens is 336 g/mol. The molecule has 0 radical (unpaired) electrons. The Balaban J connectivity index is 2.39. The number of carbonyl (C=O) groups excluding carboxylic acids is 2. The van der Waals surface area contributed by atoms with Gasteiger partial charge in [0.25, 0.3) is 0 Å². The molecule has 0 aromatic heterocycles. The highest BCUT2D eigenvalue weighted by Gasteiger charge is 2.45. The minimum absolute atomic E-state index is 0.0167. The van der Waals surface area contributed by atoms with E-state index in [0.717, 1.165) is 5.57 Å². The summed E-state index contributed by atoms with van der Waals surface area (Å²) in [7, 11) is 0. The Labute approximate surface area is 153 Å². The van der Waals surface area contributed by atoms with Gasteiger partial charge in [0.05, 0.1) is 5.92 Å². The third-order valence-electron chi connectivity index (χ3n) is 4.59. The number of allylic oxidation sites excluding steroid dienone is 2. The zero-order valence-electron chi connectivity index (χ0n) is 15.5. The fraction of sp³-hybridized carbons (Fsp3) is 0.550. The lowest BCUT2D eigenvalue weighted by Crippen LogP contribution is -2.34. The topological polar surface area (TPSA) is 89.9 Å². The molecule has 0 aromatic rings. The van der Waals surface area contributed by atoms with Gasteiger partial charge in [-0.25, -0.2) is 9.59 Å². The molecule has 0 spiro atoms. The lowest BCUT2D eigenvalue weighted by Gasteiger charge is -2.27. The Bertz CT molecular complexity index is 670.